The minimum atomic E-state index is -1.96. The van der Waals surface area contributed by atoms with Gasteiger partial charge in [-0.05, 0) is 91.0 Å². The van der Waals surface area contributed by atoms with Crippen LogP contribution in [-0.4, -0.2) is 34.8 Å². The summed E-state index contributed by atoms with van der Waals surface area (Å²) in [6.45, 7) is 27.3. The quantitative estimate of drug-likeness (QED) is 0.0833. The van der Waals surface area contributed by atoms with Gasteiger partial charge in [0, 0.05) is 12.8 Å². The van der Waals surface area contributed by atoms with Crippen molar-refractivity contribution in [1.29, 1.82) is 0 Å². The molecule has 3 rings (SSSR count). The molecule has 1 aromatic carbocycles. The van der Waals surface area contributed by atoms with Crippen molar-refractivity contribution in [2.45, 2.75) is 149 Å². The van der Waals surface area contributed by atoms with Gasteiger partial charge in [-0.1, -0.05) is 92.0 Å². The molecule has 0 N–H and O–H groups in total. The highest BCUT2D eigenvalue weighted by Gasteiger charge is 2.49. The SMILES string of the molecule is CCCCC[C@@H](/C=C/[C@@H]1[C@H]2Cc3cccc(OC(C)=O)c3C[C@H]2C[C@H]1O[Si](C)(C)C(C)(C)C)O[Si](C)(C)C(C)(C)C. The summed E-state index contributed by atoms with van der Waals surface area (Å²) < 4.78 is 19.9. The highest BCUT2D eigenvalue weighted by molar-refractivity contribution is 6.74. The van der Waals surface area contributed by atoms with Crippen molar-refractivity contribution < 1.29 is 18.4 Å². The fourth-order valence-corrected chi connectivity index (χ4v) is 8.77. The molecule has 0 bridgehead atoms. The van der Waals surface area contributed by atoms with Crippen LogP contribution in [0.15, 0.2) is 30.4 Å². The maximum Gasteiger partial charge on any atom is 0.308 e. The molecule has 0 aliphatic heterocycles. The lowest BCUT2D eigenvalue weighted by Gasteiger charge is -2.40. The average Bonchev–Trinajstić information content (AvgIpc) is 3.14. The van der Waals surface area contributed by atoms with Crippen LogP contribution >= 0.6 is 0 Å². The number of ether oxygens (including phenoxy) is 1. The molecule has 0 spiro atoms. The van der Waals surface area contributed by atoms with E-state index in [9.17, 15) is 4.79 Å². The minimum Gasteiger partial charge on any atom is -0.426 e. The second kappa shape index (κ2) is 13.2. The monoisotopic (exact) mass is 600 g/mol. The highest BCUT2D eigenvalue weighted by atomic mass is 28.4. The van der Waals surface area contributed by atoms with E-state index in [0.717, 1.165) is 31.4 Å². The van der Waals surface area contributed by atoms with E-state index in [-0.39, 0.29) is 28.3 Å². The zero-order valence-corrected chi connectivity index (χ0v) is 30.4. The van der Waals surface area contributed by atoms with Crippen molar-refractivity contribution in [3.05, 3.63) is 41.5 Å². The van der Waals surface area contributed by atoms with Gasteiger partial charge in [-0.2, -0.15) is 0 Å². The largest absolute Gasteiger partial charge is 0.426 e. The summed E-state index contributed by atoms with van der Waals surface area (Å²) in [7, 11) is -3.87. The topological polar surface area (TPSA) is 44.8 Å². The van der Waals surface area contributed by atoms with Crippen LogP contribution in [-0.2, 0) is 26.5 Å². The van der Waals surface area contributed by atoms with Crippen LogP contribution in [0.5, 0.6) is 5.75 Å². The van der Waals surface area contributed by atoms with E-state index in [2.05, 4.69) is 92.9 Å². The number of esters is 1. The summed E-state index contributed by atoms with van der Waals surface area (Å²) in [5, 5.41) is 0.345. The molecule has 5 atom stereocenters. The molecule has 1 saturated carbocycles. The van der Waals surface area contributed by atoms with Crippen molar-refractivity contribution in [3.63, 3.8) is 0 Å². The van der Waals surface area contributed by atoms with E-state index in [0.29, 0.717) is 17.8 Å². The summed E-state index contributed by atoms with van der Waals surface area (Å²) in [6, 6.07) is 6.22. The highest BCUT2D eigenvalue weighted by Crippen LogP contribution is 2.51. The lowest BCUT2D eigenvalue weighted by Crippen LogP contribution is -2.45. The van der Waals surface area contributed by atoms with E-state index in [1.54, 1.807) is 0 Å². The maximum atomic E-state index is 11.8. The predicted octanol–water partition coefficient (Wildman–Crippen LogP) is 9.88. The van der Waals surface area contributed by atoms with Crippen LogP contribution < -0.4 is 4.74 Å². The Bertz CT molecular complexity index is 1060. The molecule has 0 aromatic heterocycles. The van der Waals surface area contributed by atoms with Crippen LogP contribution in [0.2, 0.25) is 36.3 Å². The molecule has 2 aliphatic rings. The Morgan fingerprint density at radius 3 is 2.24 bits per heavy atom. The van der Waals surface area contributed by atoms with Crippen LogP contribution in [0.3, 0.4) is 0 Å². The molecular formula is C35H60O4Si2. The van der Waals surface area contributed by atoms with Gasteiger partial charge in [-0.3, -0.25) is 4.79 Å². The van der Waals surface area contributed by atoms with Gasteiger partial charge in [0.15, 0.2) is 16.6 Å². The molecule has 2 aliphatic carbocycles. The molecule has 1 aromatic rings. The van der Waals surface area contributed by atoms with Gasteiger partial charge < -0.3 is 13.6 Å². The first-order chi connectivity index (χ1) is 18.9. The fraction of sp³-hybridized carbons (Fsp3) is 0.743. The minimum absolute atomic E-state index is 0.154. The van der Waals surface area contributed by atoms with E-state index in [4.69, 9.17) is 13.6 Å². The van der Waals surface area contributed by atoms with E-state index < -0.39 is 16.6 Å². The Hall–Kier alpha value is -1.22. The molecule has 232 valence electrons. The number of carbonyl (C=O) groups is 1. The van der Waals surface area contributed by atoms with Gasteiger partial charge >= 0.3 is 5.97 Å². The second-order valence-electron chi connectivity index (χ2n) is 15.8. The number of hydrogen-bond donors (Lipinski definition) is 0. The first-order valence-electron chi connectivity index (χ1n) is 16.2. The van der Waals surface area contributed by atoms with Crippen LogP contribution in [0.4, 0.5) is 0 Å². The normalized spacial score (nSPS) is 24.3. The van der Waals surface area contributed by atoms with Gasteiger partial charge in [0.2, 0.25) is 0 Å². The Morgan fingerprint density at radius 1 is 1.00 bits per heavy atom. The van der Waals surface area contributed by atoms with Crippen molar-refractivity contribution in [2.75, 3.05) is 0 Å². The molecule has 0 heterocycles. The van der Waals surface area contributed by atoms with Crippen molar-refractivity contribution in [2.24, 2.45) is 17.8 Å². The number of benzene rings is 1. The van der Waals surface area contributed by atoms with Crippen molar-refractivity contribution >= 4 is 22.6 Å². The Labute approximate surface area is 254 Å². The van der Waals surface area contributed by atoms with Crippen LogP contribution in [0.25, 0.3) is 0 Å². The summed E-state index contributed by atoms with van der Waals surface area (Å²) in [5.41, 5.74) is 2.55. The van der Waals surface area contributed by atoms with Crippen molar-refractivity contribution in [3.8, 4) is 5.75 Å². The molecule has 0 unspecified atom stereocenters. The summed E-state index contributed by atoms with van der Waals surface area (Å²) in [6.07, 6.45) is 13.1. The fourth-order valence-electron chi connectivity index (χ4n) is 6.10. The van der Waals surface area contributed by atoms with Crippen LogP contribution in [0, 0.1) is 17.8 Å². The molecule has 0 radical (unpaired) electrons. The third kappa shape index (κ3) is 8.45. The zero-order chi connectivity index (χ0) is 30.8. The van der Waals surface area contributed by atoms with Gasteiger partial charge in [-0.25, -0.2) is 0 Å². The van der Waals surface area contributed by atoms with Crippen molar-refractivity contribution in [1.82, 2.24) is 0 Å². The van der Waals surface area contributed by atoms with E-state index >= 15 is 0 Å². The summed E-state index contributed by atoms with van der Waals surface area (Å²) in [5.74, 6) is 1.89. The summed E-state index contributed by atoms with van der Waals surface area (Å²) >= 11 is 0. The number of rotatable bonds is 11. The first-order valence-corrected chi connectivity index (χ1v) is 22.0. The molecule has 0 saturated heterocycles. The third-order valence-electron chi connectivity index (χ3n) is 10.6. The van der Waals surface area contributed by atoms with E-state index in [1.165, 1.54) is 37.3 Å². The molecule has 41 heavy (non-hydrogen) atoms. The molecule has 0 amide bonds. The van der Waals surface area contributed by atoms with Gasteiger partial charge in [0.1, 0.15) is 5.75 Å². The molecular weight excluding hydrogens is 541 g/mol. The summed E-state index contributed by atoms with van der Waals surface area (Å²) in [4.78, 5) is 11.8. The first kappa shape index (κ1) is 34.3. The Morgan fingerprint density at radius 2 is 1.66 bits per heavy atom. The lowest BCUT2D eigenvalue weighted by molar-refractivity contribution is -0.131. The van der Waals surface area contributed by atoms with Gasteiger partial charge in [0.25, 0.3) is 0 Å². The van der Waals surface area contributed by atoms with Gasteiger partial charge in [-0.15, -0.1) is 0 Å². The van der Waals surface area contributed by atoms with Crippen LogP contribution in [0.1, 0.15) is 98.6 Å². The average molecular weight is 601 g/mol. The lowest BCUT2D eigenvalue weighted by atomic mass is 9.74. The number of hydrogen-bond acceptors (Lipinski definition) is 4. The second-order valence-corrected chi connectivity index (χ2v) is 25.4. The molecule has 6 heteroatoms. The predicted molar refractivity (Wildman–Crippen MR) is 178 cm³/mol. The van der Waals surface area contributed by atoms with E-state index in [1.807, 2.05) is 12.1 Å². The standard InChI is InChI=1S/C35H60O4Si2/c1-13-14-15-18-28(38-40(9,10)34(3,4)5)20-21-29-30-22-26-17-16-19-32(37-25(2)36)31(26)23-27(30)24-33(29)39-41(11,12)35(6,7)8/h16-17,19-21,27-30,33H,13-15,18,22-24H2,1-12H3/b21-20+/t27-,28-,29+,30-,33+/m0/s1. The molecule has 1 fully saturated rings. The number of fused-ring (bicyclic) bond motifs is 2. The third-order valence-corrected chi connectivity index (χ3v) is 19.6. The zero-order valence-electron chi connectivity index (χ0n) is 28.4. The maximum absolute atomic E-state index is 11.8. The Kier molecular flexibility index (Phi) is 11.0. The van der Waals surface area contributed by atoms with Gasteiger partial charge in [0.05, 0.1) is 12.2 Å². The Balaban J connectivity index is 1.95. The number of unbranched alkanes of at least 4 members (excludes halogenated alkanes) is 2. The number of carbonyl (C=O) groups excluding carboxylic acids is 1. The molecule has 4 nitrogen and oxygen atoms in total. The smallest absolute Gasteiger partial charge is 0.308 e.